The molecule has 0 bridgehead atoms. The number of carboxylic acids is 1. The summed E-state index contributed by atoms with van der Waals surface area (Å²) < 4.78 is 5.15. The third-order valence-corrected chi connectivity index (χ3v) is 5.99. The molecule has 33 heavy (non-hydrogen) atoms. The van der Waals surface area contributed by atoms with Crippen LogP contribution in [0.3, 0.4) is 0 Å². The standard InChI is InChI=1S/C24H16Cl2N2O4S/c25-18-11-15(12-19(26)22(18)32-14-21(29)30)13-20-23(31)28(17-9-5-2-6-10-17)24(33-20)27-16-7-3-1-4-8-16/h1-13H,14H2,(H,29,30)/b20-13+,27-24?. The number of carbonyl (C=O) groups excluding carboxylic acids is 1. The number of benzene rings is 3. The Morgan fingerprint density at radius 2 is 1.64 bits per heavy atom. The van der Waals surface area contributed by atoms with Crippen LogP contribution in [0.5, 0.6) is 5.75 Å². The number of rotatable bonds is 6. The zero-order chi connectivity index (χ0) is 23.4. The average molecular weight is 499 g/mol. The van der Waals surface area contributed by atoms with Crippen molar-refractivity contribution in [3.63, 3.8) is 0 Å². The van der Waals surface area contributed by atoms with Crippen LogP contribution in [0.2, 0.25) is 10.0 Å². The summed E-state index contributed by atoms with van der Waals surface area (Å²) in [5.41, 5.74) is 1.99. The topological polar surface area (TPSA) is 79.2 Å². The van der Waals surface area contributed by atoms with E-state index in [0.717, 1.165) is 5.69 Å². The molecule has 4 rings (SSSR count). The number of carboxylic acid groups (broad SMARTS) is 1. The highest BCUT2D eigenvalue weighted by atomic mass is 35.5. The van der Waals surface area contributed by atoms with Crippen molar-refractivity contribution < 1.29 is 19.4 Å². The first kappa shape index (κ1) is 22.9. The van der Waals surface area contributed by atoms with E-state index in [9.17, 15) is 9.59 Å². The van der Waals surface area contributed by atoms with Crippen LogP contribution in [-0.2, 0) is 9.59 Å². The van der Waals surface area contributed by atoms with Crippen LogP contribution in [0.1, 0.15) is 5.56 Å². The van der Waals surface area contributed by atoms with E-state index in [4.69, 9.17) is 33.0 Å². The molecule has 0 atom stereocenters. The van der Waals surface area contributed by atoms with Crippen LogP contribution >= 0.6 is 35.0 Å². The molecule has 1 heterocycles. The smallest absolute Gasteiger partial charge is 0.341 e. The summed E-state index contributed by atoms with van der Waals surface area (Å²) >= 11 is 13.7. The predicted molar refractivity (Wildman–Crippen MR) is 133 cm³/mol. The minimum atomic E-state index is -1.15. The van der Waals surface area contributed by atoms with Crippen molar-refractivity contribution >= 4 is 69.5 Å². The monoisotopic (exact) mass is 498 g/mol. The van der Waals surface area contributed by atoms with Gasteiger partial charge in [-0.15, -0.1) is 0 Å². The van der Waals surface area contributed by atoms with Crippen LogP contribution in [0.15, 0.2) is 82.7 Å². The Morgan fingerprint density at radius 1 is 1.03 bits per heavy atom. The van der Waals surface area contributed by atoms with Gasteiger partial charge in [-0.2, -0.15) is 0 Å². The maximum atomic E-state index is 13.3. The summed E-state index contributed by atoms with van der Waals surface area (Å²) in [5, 5.41) is 9.60. The number of hydrogen-bond acceptors (Lipinski definition) is 5. The Balaban J connectivity index is 1.70. The number of aliphatic imine (C=N–C) groups is 1. The van der Waals surface area contributed by atoms with E-state index in [0.29, 0.717) is 21.3 Å². The molecule has 0 saturated carbocycles. The van der Waals surface area contributed by atoms with Gasteiger partial charge in [0.1, 0.15) is 0 Å². The van der Waals surface area contributed by atoms with Crippen LogP contribution in [-0.4, -0.2) is 28.8 Å². The summed E-state index contributed by atoms with van der Waals surface area (Å²) in [6.45, 7) is -0.570. The van der Waals surface area contributed by atoms with Gasteiger partial charge in [-0.3, -0.25) is 9.69 Å². The van der Waals surface area contributed by atoms with Crippen LogP contribution in [0.4, 0.5) is 11.4 Å². The number of thioether (sulfide) groups is 1. The lowest BCUT2D eigenvalue weighted by Crippen LogP contribution is -2.28. The molecule has 0 radical (unpaired) electrons. The molecule has 166 valence electrons. The van der Waals surface area contributed by atoms with Crippen molar-refractivity contribution in [3.8, 4) is 5.75 Å². The summed E-state index contributed by atoms with van der Waals surface area (Å²) in [6, 6.07) is 21.7. The van der Waals surface area contributed by atoms with Gasteiger partial charge in [-0.05, 0) is 59.8 Å². The second-order valence-corrected chi connectivity index (χ2v) is 8.64. The van der Waals surface area contributed by atoms with Crippen LogP contribution in [0.25, 0.3) is 6.08 Å². The molecule has 6 nitrogen and oxygen atoms in total. The van der Waals surface area contributed by atoms with Crippen molar-refractivity contribution in [1.82, 2.24) is 0 Å². The number of nitrogens with zero attached hydrogens (tertiary/aromatic N) is 2. The van der Waals surface area contributed by atoms with Crippen molar-refractivity contribution in [2.45, 2.75) is 0 Å². The third kappa shape index (κ3) is 5.39. The van der Waals surface area contributed by atoms with Gasteiger partial charge in [0, 0.05) is 0 Å². The number of halogens is 2. The Kier molecular flexibility index (Phi) is 7.03. The predicted octanol–water partition coefficient (Wildman–Crippen LogP) is 6.27. The molecule has 3 aromatic rings. The van der Waals surface area contributed by atoms with E-state index in [1.807, 2.05) is 60.7 Å². The number of hydrogen-bond donors (Lipinski definition) is 1. The zero-order valence-electron chi connectivity index (χ0n) is 16.9. The lowest BCUT2D eigenvalue weighted by atomic mass is 10.2. The minimum Gasteiger partial charge on any atom is -0.479 e. The van der Waals surface area contributed by atoms with E-state index < -0.39 is 12.6 Å². The molecule has 1 aliphatic heterocycles. The van der Waals surface area contributed by atoms with E-state index >= 15 is 0 Å². The second kappa shape index (κ2) is 10.1. The molecule has 1 saturated heterocycles. The van der Waals surface area contributed by atoms with Gasteiger partial charge >= 0.3 is 5.97 Å². The van der Waals surface area contributed by atoms with Crippen LogP contribution < -0.4 is 9.64 Å². The second-order valence-electron chi connectivity index (χ2n) is 6.81. The van der Waals surface area contributed by atoms with E-state index in [-0.39, 0.29) is 21.7 Å². The molecule has 0 spiro atoms. The van der Waals surface area contributed by atoms with Gasteiger partial charge in [0.05, 0.1) is 26.3 Å². The number of amides is 1. The van der Waals surface area contributed by atoms with E-state index in [2.05, 4.69) is 4.99 Å². The van der Waals surface area contributed by atoms with Gasteiger partial charge in [0.2, 0.25) is 0 Å². The molecule has 0 aromatic heterocycles. The Morgan fingerprint density at radius 3 is 2.24 bits per heavy atom. The van der Waals surface area contributed by atoms with E-state index in [1.165, 1.54) is 11.8 Å². The molecule has 1 fully saturated rings. The maximum Gasteiger partial charge on any atom is 0.341 e. The molecule has 1 aliphatic rings. The van der Waals surface area contributed by atoms with Crippen molar-refractivity contribution in [2.24, 2.45) is 4.99 Å². The Hall–Kier alpha value is -3.26. The Labute approximate surface area is 204 Å². The van der Waals surface area contributed by atoms with Crippen molar-refractivity contribution in [2.75, 3.05) is 11.5 Å². The summed E-state index contributed by atoms with van der Waals surface area (Å²) in [5.74, 6) is -1.31. The number of anilines is 1. The molecule has 1 amide bonds. The largest absolute Gasteiger partial charge is 0.479 e. The van der Waals surface area contributed by atoms with Gasteiger partial charge < -0.3 is 9.84 Å². The number of carbonyl (C=O) groups is 2. The highest BCUT2D eigenvalue weighted by Gasteiger charge is 2.34. The fourth-order valence-electron chi connectivity index (χ4n) is 3.05. The van der Waals surface area contributed by atoms with Gasteiger partial charge in [0.25, 0.3) is 5.91 Å². The number of ether oxygens (including phenoxy) is 1. The quantitative estimate of drug-likeness (QED) is 0.405. The molecule has 0 aliphatic carbocycles. The van der Waals surface area contributed by atoms with Crippen molar-refractivity contribution in [1.29, 1.82) is 0 Å². The average Bonchev–Trinajstić information content (AvgIpc) is 3.08. The maximum absolute atomic E-state index is 13.3. The lowest BCUT2D eigenvalue weighted by Gasteiger charge is -2.15. The SMILES string of the molecule is O=C(O)COc1c(Cl)cc(/C=C2/SC(=Nc3ccccc3)N(c3ccccc3)C2=O)cc1Cl. The normalized spacial score (nSPS) is 15.9. The van der Waals surface area contributed by atoms with Gasteiger partial charge in [0.15, 0.2) is 17.5 Å². The minimum absolute atomic E-state index is 0.0746. The number of amidine groups is 1. The number of aliphatic carboxylic acids is 1. The van der Waals surface area contributed by atoms with Crippen LogP contribution in [0, 0.1) is 0 Å². The highest BCUT2D eigenvalue weighted by Crippen LogP contribution is 2.39. The lowest BCUT2D eigenvalue weighted by molar-refractivity contribution is -0.139. The van der Waals surface area contributed by atoms with Gasteiger partial charge in [-0.1, -0.05) is 59.6 Å². The summed E-state index contributed by atoms with van der Waals surface area (Å²) in [6.07, 6.45) is 1.66. The van der Waals surface area contributed by atoms with Gasteiger partial charge in [-0.25, -0.2) is 9.79 Å². The molecule has 0 unspecified atom stereocenters. The van der Waals surface area contributed by atoms with Crippen molar-refractivity contribution in [3.05, 3.63) is 93.3 Å². The summed E-state index contributed by atoms with van der Waals surface area (Å²) in [4.78, 5) is 30.7. The third-order valence-electron chi connectivity index (χ3n) is 4.46. The first-order valence-electron chi connectivity index (χ1n) is 9.69. The molecule has 3 aromatic carbocycles. The fraction of sp³-hybridized carbons (Fsp3) is 0.0417. The first-order valence-corrected chi connectivity index (χ1v) is 11.3. The molecular formula is C24H16Cl2N2O4S. The fourth-order valence-corrected chi connectivity index (χ4v) is 4.67. The van der Waals surface area contributed by atoms with E-state index in [1.54, 1.807) is 23.1 Å². The first-order chi connectivity index (χ1) is 15.9. The molecule has 9 heteroatoms. The summed E-state index contributed by atoms with van der Waals surface area (Å²) in [7, 11) is 0. The highest BCUT2D eigenvalue weighted by molar-refractivity contribution is 8.19. The zero-order valence-corrected chi connectivity index (χ0v) is 19.3. The molecular weight excluding hydrogens is 483 g/mol. The number of para-hydroxylation sites is 2. The molecule has 1 N–H and O–H groups in total. The Bertz CT molecular complexity index is 1240.